The van der Waals surface area contributed by atoms with Gasteiger partial charge in [0, 0.05) is 17.0 Å². The predicted octanol–water partition coefficient (Wildman–Crippen LogP) is -0.0966. The Morgan fingerprint density at radius 2 is 1.96 bits per heavy atom. The number of rotatable bonds is 6. The number of alkyl halides is 2. The first kappa shape index (κ1) is 18.5. The average Bonchev–Trinajstić information content (AvgIpc) is 2.58. The van der Waals surface area contributed by atoms with Crippen molar-refractivity contribution in [1.82, 2.24) is 10.8 Å². The summed E-state index contributed by atoms with van der Waals surface area (Å²) in [4.78, 5) is 23.6. The maximum Gasteiger partial charge on any atom is 0.266 e. The zero-order valence-corrected chi connectivity index (χ0v) is 12.2. The van der Waals surface area contributed by atoms with Gasteiger partial charge in [-0.2, -0.15) is 0 Å². The van der Waals surface area contributed by atoms with Crippen molar-refractivity contribution >= 4 is 11.8 Å². The molecule has 0 spiro atoms. The van der Waals surface area contributed by atoms with Crippen LogP contribution in [0.4, 0.5) is 8.78 Å². The van der Waals surface area contributed by atoms with Crippen molar-refractivity contribution < 1.29 is 28.7 Å². The molecule has 0 unspecified atom stereocenters. The number of terminal acetylenes is 1. The van der Waals surface area contributed by atoms with Gasteiger partial charge in [0.25, 0.3) is 11.8 Å². The Balaban J connectivity index is 2.99. The second-order valence-electron chi connectivity index (χ2n) is 4.84. The highest BCUT2D eigenvalue weighted by molar-refractivity contribution is 5.97. The van der Waals surface area contributed by atoms with Crippen LogP contribution < -0.4 is 15.9 Å². The number of hydrogen-bond acceptors (Lipinski definition) is 4. The molecule has 124 valence electrons. The number of hydrogen-bond donors (Lipinski definition) is 3. The quantitative estimate of drug-likeness (QED) is 0.386. The van der Waals surface area contributed by atoms with E-state index in [1.807, 2.05) is 0 Å². The molecule has 2 amide bonds. The molecule has 8 heteroatoms. The van der Waals surface area contributed by atoms with Crippen LogP contribution in [0.2, 0.25) is 0 Å². The zero-order chi connectivity index (χ0) is 17.6. The van der Waals surface area contributed by atoms with E-state index in [0.717, 1.165) is 6.92 Å². The molecule has 1 aromatic rings. The van der Waals surface area contributed by atoms with Crippen LogP contribution in [0.1, 0.15) is 22.8 Å². The molecule has 0 aromatic heterocycles. The second-order valence-corrected chi connectivity index (χ2v) is 4.84. The highest BCUT2D eigenvalue weighted by atomic mass is 19.3. The summed E-state index contributed by atoms with van der Waals surface area (Å²) in [5.41, 5.74) is 1.79. The summed E-state index contributed by atoms with van der Waals surface area (Å²) >= 11 is 0. The highest BCUT2D eigenvalue weighted by Crippen LogP contribution is 2.26. The van der Waals surface area contributed by atoms with Gasteiger partial charge in [0.2, 0.25) is 5.92 Å². The number of benzene rings is 1. The predicted molar refractivity (Wildman–Crippen MR) is 74.5 cm³/mol. The normalized spacial score (nSPS) is 13.6. The fourth-order valence-corrected chi connectivity index (χ4v) is 1.80. The van der Waals surface area contributed by atoms with Crippen LogP contribution >= 0.6 is 0 Å². The molecular weight excluding hydrogens is 310 g/mol. The van der Waals surface area contributed by atoms with E-state index >= 15 is 0 Å². The number of carbonyl (C=O) groups excluding carboxylic acids is 2. The van der Waals surface area contributed by atoms with E-state index in [-0.39, 0.29) is 5.56 Å². The van der Waals surface area contributed by atoms with E-state index in [4.69, 9.17) is 11.6 Å². The molecule has 0 heterocycles. The minimum absolute atomic E-state index is 0.0809. The van der Waals surface area contributed by atoms with Crippen LogP contribution in [0.5, 0.6) is 0 Å². The smallest absolute Gasteiger partial charge is 0.266 e. The topological polar surface area (TPSA) is 101 Å². The lowest BCUT2D eigenvalue weighted by Gasteiger charge is -2.31. The van der Waals surface area contributed by atoms with Gasteiger partial charge in [0.05, 0.1) is 0 Å². The molecule has 0 aliphatic carbocycles. The van der Waals surface area contributed by atoms with Crippen molar-refractivity contribution in [3.8, 4) is 12.3 Å². The molecule has 6 nitrogen and oxygen atoms in total. The number of carbonyl (C=O) groups is 2. The molecule has 1 aromatic carbocycles. The van der Waals surface area contributed by atoms with E-state index in [1.54, 1.807) is 0 Å². The van der Waals surface area contributed by atoms with Gasteiger partial charge in [0.1, 0.15) is 6.04 Å². The first-order valence-corrected chi connectivity index (χ1v) is 6.54. The number of hydroxylamine groups is 1. The molecule has 0 radical (unpaired) electrons. The Bertz CT molecular complexity index is 611. The van der Waals surface area contributed by atoms with Crippen LogP contribution in [0.3, 0.4) is 0 Å². The monoisotopic (exact) mass is 325 g/mol. The van der Waals surface area contributed by atoms with Gasteiger partial charge in [0.15, 0.2) is 0 Å². The minimum Gasteiger partial charge on any atom is -0.850 e. The average molecular weight is 325 g/mol. The summed E-state index contributed by atoms with van der Waals surface area (Å²) in [6.45, 7) is -0.824. The van der Waals surface area contributed by atoms with Gasteiger partial charge in [-0.15, -0.1) is 6.42 Å². The Kier molecular flexibility index (Phi) is 6.18. The lowest BCUT2D eigenvalue weighted by atomic mass is 9.94. The number of amides is 2. The molecule has 2 atom stereocenters. The summed E-state index contributed by atoms with van der Waals surface area (Å²) in [6, 6.07) is 3.85. The zero-order valence-electron chi connectivity index (χ0n) is 12.2. The summed E-state index contributed by atoms with van der Waals surface area (Å²) in [5, 5.41) is 21.3. The lowest BCUT2D eigenvalue weighted by molar-refractivity contribution is -0.412. The molecule has 0 fully saturated rings. The Hall–Kier alpha value is -2.50. The minimum atomic E-state index is -3.74. The van der Waals surface area contributed by atoms with Gasteiger partial charge >= 0.3 is 0 Å². The van der Waals surface area contributed by atoms with Crippen molar-refractivity contribution in [3.63, 3.8) is 0 Å². The Morgan fingerprint density at radius 1 is 1.39 bits per heavy atom. The SMILES string of the molecule is C#Cc1ccc(C(=O)N[C@H](C(=O)NO)[C@@H](C)C(F)(F)C[O-])cc1. The molecule has 0 bridgehead atoms. The van der Waals surface area contributed by atoms with Crippen LogP contribution in [-0.4, -0.2) is 35.6 Å². The first-order chi connectivity index (χ1) is 10.8. The van der Waals surface area contributed by atoms with Gasteiger partial charge in [-0.1, -0.05) is 19.5 Å². The Labute approximate surface area is 131 Å². The fourth-order valence-electron chi connectivity index (χ4n) is 1.80. The number of nitrogens with one attached hydrogen (secondary N) is 2. The van der Waals surface area contributed by atoms with Gasteiger partial charge < -0.3 is 10.4 Å². The molecule has 0 aliphatic rings. The summed E-state index contributed by atoms with van der Waals surface area (Å²) in [7, 11) is 0. The van der Waals surface area contributed by atoms with Crippen LogP contribution in [0.15, 0.2) is 24.3 Å². The fraction of sp³-hybridized carbons (Fsp3) is 0.333. The molecule has 1 rings (SSSR count). The van der Waals surface area contributed by atoms with Gasteiger partial charge in [-0.3, -0.25) is 14.8 Å². The Morgan fingerprint density at radius 3 is 2.39 bits per heavy atom. The summed E-state index contributed by atoms with van der Waals surface area (Å²) in [6.07, 6.45) is 5.17. The largest absolute Gasteiger partial charge is 0.850 e. The third-order valence-corrected chi connectivity index (χ3v) is 3.35. The summed E-state index contributed by atoms with van der Waals surface area (Å²) in [5.74, 6) is -5.29. The highest BCUT2D eigenvalue weighted by Gasteiger charge is 2.41. The van der Waals surface area contributed by atoms with Crippen molar-refractivity contribution in [1.29, 1.82) is 0 Å². The van der Waals surface area contributed by atoms with Crippen molar-refractivity contribution in [2.45, 2.75) is 18.9 Å². The van der Waals surface area contributed by atoms with Gasteiger partial charge in [-0.25, -0.2) is 14.3 Å². The van der Waals surface area contributed by atoms with E-state index in [1.165, 1.54) is 29.7 Å². The van der Waals surface area contributed by atoms with Gasteiger partial charge in [-0.05, 0) is 24.3 Å². The first-order valence-electron chi connectivity index (χ1n) is 6.54. The molecule has 0 saturated heterocycles. The van der Waals surface area contributed by atoms with E-state index < -0.39 is 36.3 Å². The summed E-state index contributed by atoms with van der Waals surface area (Å²) < 4.78 is 27.0. The maximum absolute atomic E-state index is 13.5. The van der Waals surface area contributed by atoms with Crippen LogP contribution in [-0.2, 0) is 4.79 Å². The maximum atomic E-state index is 13.5. The van der Waals surface area contributed by atoms with Crippen LogP contribution in [0.25, 0.3) is 0 Å². The van der Waals surface area contributed by atoms with Crippen molar-refractivity contribution in [2.75, 3.05) is 6.61 Å². The lowest BCUT2D eigenvalue weighted by Crippen LogP contribution is -2.56. The second kappa shape index (κ2) is 7.67. The van der Waals surface area contributed by atoms with E-state index in [2.05, 4.69) is 11.2 Å². The molecule has 0 aliphatic heterocycles. The third-order valence-electron chi connectivity index (χ3n) is 3.35. The molecule has 3 N–H and O–H groups in total. The molecule has 23 heavy (non-hydrogen) atoms. The van der Waals surface area contributed by atoms with E-state index in [9.17, 15) is 23.5 Å². The third kappa shape index (κ3) is 4.48. The van der Waals surface area contributed by atoms with Crippen LogP contribution in [0, 0.1) is 18.3 Å². The molecule has 0 saturated carbocycles. The standard InChI is InChI=1S/C15H15F2N2O4/c1-3-10-4-6-11(7-5-10)13(21)18-12(14(22)19-23)9(2)15(16,17)8-20/h1,4-7,9,12,23H,8H2,2H3,(H,18,21)(H,19,22)/q-1/t9-,12+/m1/s1. The number of halogens is 2. The van der Waals surface area contributed by atoms with Crippen molar-refractivity contribution in [2.24, 2.45) is 5.92 Å². The molecular formula is C15H15F2N2O4-. The van der Waals surface area contributed by atoms with E-state index in [0.29, 0.717) is 5.56 Å². The van der Waals surface area contributed by atoms with Crippen molar-refractivity contribution in [3.05, 3.63) is 35.4 Å².